The number of ether oxygens (including phenoxy) is 1. The first-order chi connectivity index (χ1) is 17.1. The summed E-state index contributed by atoms with van der Waals surface area (Å²) < 4.78 is 5.30. The first kappa shape index (κ1) is 29.0. The molecule has 0 N–H and O–H groups in total. The minimum Gasteiger partial charge on any atom is -0.378 e. The average Bonchev–Trinajstić information content (AvgIpc) is 3.45. The van der Waals surface area contributed by atoms with Gasteiger partial charge in [-0.15, -0.1) is 0 Å². The van der Waals surface area contributed by atoms with Crippen LogP contribution in [0.4, 0.5) is 0 Å². The molecule has 2 aromatic rings. The number of carbonyl (C=O) groups excluding carboxylic acids is 1. The first-order valence-electron chi connectivity index (χ1n) is 14.1. The largest absolute Gasteiger partial charge is 0.378 e. The molecule has 35 heavy (non-hydrogen) atoms. The molecule has 1 saturated heterocycles. The van der Waals surface area contributed by atoms with Crippen molar-refractivity contribution in [2.24, 2.45) is 5.92 Å². The fourth-order valence-electron chi connectivity index (χ4n) is 4.94. The van der Waals surface area contributed by atoms with Crippen molar-refractivity contribution in [3.8, 4) is 0 Å². The Kier molecular flexibility index (Phi) is 13.7. The Morgan fingerprint density at radius 2 is 1.83 bits per heavy atom. The summed E-state index contributed by atoms with van der Waals surface area (Å²) in [6, 6.07) is 14.8. The van der Waals surface area contributed by atoms with Crippen molar-refractivity contribution in [2.75, 3.05) is 6.61 Å². The smallest absolute Gasteiger partial charge is 0.163 e. The van der Waals surface area contributed by atoms with Gasteiger partial charge in [0.2, 0.25) is 0 Å². The Labute approximate surface area is 216 Å². The van der Waals surface area contributed by atoms with Gasteiger partial charge >= 0.3 is 0 Å². The van der Waals surface area contributed by atoms with Crippen LogP contribution in [0.1, 0.15) is 113 Å². The minimum absolute atomic E-state index is 0. The van der Waals surface area contributed by atoms with Crippen molar-refractivity contribution in [1.29, 1.82) is 0 Å². The van der Waals surface area contributed by atoms with Gasteiger partial charge in [-0.05, 0) is 79.5 Å². The van der Waals surface area contributed by atoms with Gasteiger partial charge < -0.3 is 4.74 Å². The quantitative estimate of drug-likeness (QED) is 0.265. The summed E-state index contributed by atoms with van der Waals surface area (Å²) in [5.74, 6) is 0.741. The third kappa shape index (κ3) is 9.76. The molecule has 2 aromatic carbocycles. The molecule has 0 amide bonds. The van der Waals surface area contributed by atoms with Crippen LogP contribution >= 0.6 is 0 Å². The van der Waals surface area contributed by atoms with Crippen molar-refractivity contribution in [3.63, 3.8) is 0 Å². The van der Waals surface area contributed by atoms with Gasteiger partial charge in [0.25, 0.3) is 0 Å². The lowest BCUT2D eigenvalue weighted by atomic mass is 9.80. The molecule has 2 heteroatoms. The summed E-state index contributed by atoms with van der Waals surface area (Å²) in [5, 5.41) is 0. The highest BCUT2D eigenvalue weighted by atomic mass is 16.5. The van der Waals surface area contributed by atoms with E-state index >= 15 is 0 Å². The third-order valence-corrected chi connectivity index (χ3v) is 7.09. The highest BCUT2D eigenvalue weighted by Gasteiger charge is 2.22. The number of hydrogen-bond donors (Lipinski definition) is 0. The van der Waals surface area contributed by atoms with Crippen molar-refractivity contribution >= 4 is 11.9 Å². The zero-order valence-corrected chi connectivity index (χ0v) is 22.8. The molecular formula is C33H50O2. The number of hydrogen-bond acceptors (Lipinski definition) is 2. The van der Waals surface area contributed by atoms with Gasteiger partial charge in [-0.1, -0.05) is 95.7 Å². The number of Topliss-reactive ketones (excluding diaryl/α,β-unsaturated/α-hetero) is 1. The molecule has 0 spiro atoms. The summed E-state index contributed by atoms with van der Waals surface area (Å²) >= 11 is 0. The van der Waals surface area contributed by atoms with Crippen molar-refractivity contribution in [1.82, 2.24) is 0 Å². The molecule has 2 atom stereocenters. The van der Waals surface area contributed by atoms with Crippen molar-refractivity contribution in [2.45, 2.75) is 104 Å². The Balaban J connectivity index is 0.000000553. The highest BCUT2D eigenvalue weighted by molar-refractivity contribution is 5.96. The topological polar surface area (TPSA) is 26.3 Å². The maximum atomic E-state index is 12.6. The minimum atomic E-state index is 0. The van der Waals surface area contributed by atoms with Crippen molar-refractivity contribution < 1.29 is 11.0 Å². The van der Waals surface area contributed by atoms with Gasteiger partial charge in [0.05, 0.1) is 6.10 Å². The zero-order valence-electron chi connectivity index (χ0n) is 22.8. The first-order valence-corrected chi connectivity index (χ1v) is 14.1. The lowest BCUT2D eigenvalue weighted by Crippen LogP contribution is -2.18. The molecule has 1 fully saturated rings. The van der Waals surface area contributed by atoms with Crippen LogP contribution in [0, 0.1) is 5.92 Å². The number of unbranched alkanes of at least 4 members (excludes halogenated alkanes) is 2. The van der Waals surface area contributed by atoms with E-state index in [0.717, 1.165) is 37.0 Å². The molecule has 0 bridgehead atoms. The Morgan fingerprint density at radius 1 is 1.06 bits per heavy atom. The van der Waals surface area contributed by atoms with Crippen LogP contribution in [0.3, 0.4) is 0 Å². The van der Waals surface area contributed by atoms with Gasteiger partial charge in [0.15, 0.2) is 5.78 Å². The van der Waals surface area contributed by atoms with E-state index in [1.807, 2.05) is 44.2 Å². The zero-order chi connectivity index (χ0) is 25.5. The summed E-state index contributed by atoms with van der Waals surface area (Å²) in [7, 11) is 0. The number of rotatable bonds is 9. The third-order valence-electron chi connectivity index (χ3n) is 7.09. The fraction of sp³-hybridized carbons (Fsp3) is 0.545. The Hall–Kier alpha value is -2.19. The molecule has 4 rings (SSSR count). The summed E-state index contributed by atoms with van der Waals surface area (Å²) in [6.07, 6.45) is 15.2. The van der Waals surface area contributed by atoms with E-state index in [4.69, 9.17) is 4.74 Å². The predicted octanol–water partition coefficient (Wildman–Crippen LogP) is 9.29. The molecule has 0 unspecified atom stereocenters. The molecule has 2 nitrogen and oxygen atoms in total. The summed E-state index contributed by atoms with van der Waals surface area (Å²) in [4.78, 5) is 12.6. The predicted molar refractivity (Wildman–Crippen MR) is 153 cm³/mol. The van der Waals surface area contributed by atoms with E-state index in [0.29, 0.717) is 18.4 Å². The molecule has 2 aliphatic rings. The van der Waals surface area contributed by atoms with E-state index in [9.17, 15) is 4.79 Å². The van der Waals surface area contributed by atoms with Gasteiger partial charge in [0.1, 0.15) is 0 Å². The summed E-state index contributed by atoms with van der Waals surface area (Å²) in [5.41, 5.74) is 6.33. The molecule has 0 radical (unpaired) electrons. The van der Waals surface area contributed by atoms with E-state index in [1.54, 1.807) is 0 Å². The SMILES string of the molecule is C=Cc1ccc(C(=O)C[C@H]2CCc3cc(CCCCC)ccc3C2)cc1.CC.CC[C@@H]1CCCO1.[HH]. The molecule has 0 aromatic heterocycles. The normalized spacial score (nSPS) is 18.4. The van der Waals surface area contributed by atoms with Crippen LogP contribution in [-0.2, 0) is 24.0 Å². The Morgan fingerprint density at radius 3 is 2.43 bits per heavy atom. The molecular weight excluding hydrogens is 428 g/mol. The second kappa shape index (κ2) is 16.5. The second-order valence-electron chi connectivity index (χ2n) is 9.67. The van der Waals surface area contributed by atoms with E-state index < -0.39 is 0 Å². The second-order valence-corrected chi connectivity index (χ2v) is 9.67. The van der Waals surface area contributed by atoms with E-state index in [2.05, 4.69) is 38.6 Å². The number of fused-ring (bicyclic) bond motifs is 1. The van der Waals surface area contributed by atoms with Crippen molar-refractivity contribution in [3.05, 3.63) is 76.9 Å². The van der Waals surface area contributed by atoms with E-state index in [-0.39, 0.29) is 7.21 Å². The summed E-state index contributed by atoms with van der Waals surface area (Å²) in [6.45, 7) is 13.2. The van der Waals surface area contributed by atoms with Crippen LogP contribution in [0.5, 0.6) is 0 Å². The number of benzene rings is 2. The lowest BCUT2D eigenvalue weighted by Gasteiger charge is -2.25. The number of ketones is 1. The van der Waals surface area contributed by atoms with E-state index in [1.165, 1.54) is 61.6 Å². The maximum Gasteiger partial charge on any atom is 0.163 e. The molecule has 194 valence electrons. The van der Waals surface area contributed by atoms with Crippen LogP contribution < -0.4 is 0 Å². The van der Waals surface area contributed by atoms with Crippen LogP contribution in [-0.4, -0.2) is 18.5 Å². The lowest BCUT2D eigenvalue weighted by molar-refractivity contribution is 0.0957. The monoisotopic (exact) mass is 478 g/mol. The maximum absolute atomic E-state index is 12.6. The molecule has 1 aliphatic heterocycles. The number of aryl methyl sites for hydroxylation is 2. The van der Waals surface area contributed by atoms with Crippen LogP contribution in [0.25, 0.3) is 6.08 Å². The molecule has 0 saturated carbocycles. The van der Waals surface area contributed by atoms with Crippen LogP contribution in [0.2, 0.25) is 0 Å². The number of carbonyl (C=O) groups is 1. The highest BCUT2D eigenvalue weighted by Crippen LogP contribution is 2.30. The van der Waals surface area contributed by atoms with Gasteiger partial charge in [-0.2, -0.15) is 0 Å². The van der Waals surface area contributed by atoms with Crippen LogP contribution in [0.15, 0.2) is 49.0 Å². The Bertz CT molecular complexity index is 881. The average molecular weight is 479 g/mol. The standard InChI is InChI=1S/C25H30O.C6H12O.C2H6.H2/c1-3-5-6-7-20-10-14-24-17-21(11-15-23(24)16-20)18-25(26)22-12-8-19(4-2)9-13-22;1-2-6-4-3-5-7-6;1-2;/h4,8-10,12-14,16,21H,2-3,5-7,11,15,17-18H2,1H3;6H,2-5H2,1H3;1-2H3;1H/t21-;6-;;/m01../s1. The molecule has 1 heterocycles. The van der Waals surface area contributed by atoms with Gasteiger partial charge in [-0.25, -0.2) is 0 Å². The fourth-order valence-corrected chi connectivity index (χ4v) is 4.94. The van der Waals surface area contributed by atoms with Gasteiger partial charge in [0, 0.05) is 20.0 Å². The molecule has 1 aliphatic carbocycles. The van der Waals surface area contributed by atoms with Gasteiger partial charge in [-0.3, -0.25) is 4.79 Å².